The van der Waals surface area contributed by atoms with Crippen molar-refractivity contribution < 1.29 is 23.9 Å². The highest BCUT2D eigenvalue weighted by atomic mass is 79.9. The molecule has 1 saturated heterocycles. The lowest BCUT2D eigenvalue weighted by Crippen LogP contribution is -2.28. The summed E-state index contributed by atoms with van der Waals surface area (Å²) in [4.78, 5) is 38.4. The van der Waals surface area contributed by atoms with Crippen LogP contribution in [0.1, 0.15) is 25.8 Å². The van der Waals surface area contributed by atoms with Gasteiger partial charge in [-0.15, -0.1) is 0 Å². The van der Waals surface area contributed by atoms with Crippen LogP contribution in [0.4, 0.5) is 10.5 Å². The number of hydrogen-bond donors (Lipinski definition) is 1. The van der Waals surface area contributed by atoms with Crippen LogP contribution in [0.3, 0.4) is 0 Å². The number of anilines is 1. The van der Waals surface area contributed by atoms with Crippen LogP contribution in [0.25, 0.3) is 6.08 Å². The zero-order chi connectivity index (χ0) is 23.1. The molecule has 0 unspecified atom stereocenters. The van der Waals surface area contributed by atoms with Crippen LogP contribution in [0.5, 0.6) is 11.5 Å². The normalized spacial score (nSPS) is 14.7. The minimum Gasteiger partial charge on any atom is -0.490 e. The van der Waals surface area contributed by atoms with E-state index in [0.29, 0.717) is 51.7 Å². The second kappa shape index (κ2) is 11.2. The van der Waals surface area contributed by atoms with E-state index in [0.717, 1.165) is 11.8 Å². The summed E-state index contributed by atoms with van der Waals surface area (Å²) in [5, 5.41) is 2.49. The summed E-state index contributed by atoms with van der Waals surface area (Å²) in [5.74, 6) is 0.202. The Hall–Kier alpha value is -2.78. The van der Waals surface area contributed by atoms with Gasteiger partial charge in [0.05, 0.1) is 16.0 Å². The molecule has 7 nitrogen and oxygen atoms in total. The number of halogens is 1. The quantitative estimate of drug-likeness (QED) is 0.452. The molecule has 0 radical (unpaired) electrons. The van der Waals surface area contributed by atoms with E-state index in [2.05, 4.69) is 21.2 Å². The molecule has 2 aromatic carbocycles. The summed E-state index contributed by atoms with van der Waals surface area (Å²) in [5.41, 5.74) is 1.35. The zero-order valence-corrected chi connectivity index (χ0v) is 20.1. The highest BCUT2D eigenvalue weighted by Gasteiger charge is 2.34. The van der Waals surface area contributed by atoms with Crippen molar-refractivity contribution in [3.05, 3.63) is 57.4 Å². The van der Waals surface area contributed by atoms with E-state index in [-0.39, 0.29) is 23.7 Å². The molecule has 1 heterocycles. The van der Waals surface area contributed by atoms with Crippen LogP contribution < -0.4 is 14.8 Å². The predicted molar refractivity (Wildman–Crippen MR) is 129 cm³/mol. The molecule has 9 heteroatoms. The van der Waals surface area contributed by atoms with Crippen molar-refractivity contribution in [3.8, 4) is 11.5 Å². The molecule has 1 N–H and O–H groups in total. The summed E-state index contributed by atoms with van der Waals surface area (Å²) in [6.07, 6.45) is 2.36. The molecule has 0 saturated carbocycles. The van der Waals surface area contributed by atoms with E-state index in [9.17, 15) is 14.4 Å². The molecule has 2 aromatic rings. The van der Waals surface area contributed by atoms with Crippen molar-refractivity contribution in [3.63, 3.8) is 0 Å². The van der Waals surface area contributed by atoms with Crippen LogP contribution in [0.2, 0.25) is 0 Å². The Morgan fingerprint density at radius 2 is 1.91 bits per heavy atom. The second-order valence-electron chi connectivity index (χ2n) is 6.80. The Labute approximate surface area is 199 Å². The van der Waals surface area contributed by atoms with Crippen LogP contribution in [-0.4, -0.2) is 41.7 Å². The van der Waals surface area contributed by atoms with E-state index in [1.54, 1.807) is 30.3 Å². The standard InChI is InChI=1S/C23H23BrN2O5S/c1-3-10-26-22(28)19(32-23(26)29)13-15-11-17(24)21(18(12-15)30-4-2)31-14-20(27)25-16-8-6-5-7-9-16/h5-9,11-13H,3-4,10,14H2,1-2H3,(H,25,27)/b19-13+. The molecule has 1 fully saturated rings. The molecular formula is C23H23BrN2O5S. The Morgan fingerprint density at radius 1 is 1.16 bits per heavy atom. The molecule has 0 spiro atoms. The van der Waals surface area contributed by atoms with E-state index in [1.165, 1.54) is 4.90 Å². The van der Waals surface area contributed by atoms with E-state index in [4.69, 9.17) is 9.47 Å². The van der Waals surface area contributed by atoms with E-state index in [1.807, 2.05) is 32.0 Å². The molecule has 0 aliphatic carbocycles. The van der Waals surface area contributed by atoms with Crippen molar-refractivity contribution in [1.29, 1.82) is 0 Å². The molecule has 0 atom stereocenters. The van der Waals surface area contributed by atoms with Crippen molar-refractivity contribution in [2.75, 3.05) is 25.1 Å². The number of nitrogens with zero attached hydrogens (tertiary/aromatic N) is 1. The lowest BCUT2D eigenvalue weighted by Gasteiger charge is -2.15. The van der Waals surface area contributed by atoms with Crippen molar-refractivity contribution in [1.82, 2.24) is 4.90 Å². The fraction of sp³-hybridized carbons (Fsp3) is 0.261. The van der Waals surface area contributed by atoms with Gasteiger partial charge in [-0.2, -0.15) is 0 Å². The average Bonchev–Trinajstić information content (AvgIpc) is 3.02. The number of hydrogen-bond acceptors (Lipinski definition) is 6. The first-order valence-corrected chi connectivity index (χ1v) is 11.7. The SMILES string of the molecule is CCCN1C(=O)S/C(=C/c2cc(Br)c(OCC(=O)Nc3ccccc3)c(OCC)c2)C1=O. The molecule has 3 amide bonds. The Balaban J connectivity index is 1.77. The molecule has 0 aromatic heterocycles. The largest absolute Gasteiger partial charge is 0.490 e. The number of carbonyl (C=O) groups is 3. The Morgan fingerprint density at radius 3 is 2.59 bits per heavy atom. The molecule has 1 aliphatic rings. The third-order valence-corrected chi connectivity index (χ3v) is 5.85. The van der Waals surface area contributed by atoms with Crippen molar-refractivity contribution in [2.24, 2.45) is 0 Å². The van der Waals surface area contributed by atoms with E-state index < -0.39 is 0 Å². The van der Waals surface area contributed by atoms with Crippen LogP contribution in [0, 0.1) is 0 Å². The fourth-order valence-electron chi connectivity index (χ4n) is 3.00. The molecule has 1 aliphatic heterocycles. The number of imide groups is 1. The number of para-hydroxylation sites is 1. The molecule has 3 rings (SSSR count). The first-order valence-electron chi connectivity index (χ1n) is 10.1. The average molecular weight is 519 g/mol. The number of rotatable bonds is 9. The van der Waals surface area contributed by atoms with Gasteiger partial charge in [0.1, 0.15) is 0 Å². The minimum atomic E-state index is -0.306. The summed E-state index contributed by atoms with van der Waals surface area (Å²) in [7, 11) is 0. The first kappa shape index (κ1) is 23.9. The summed E-state index contributed by atoms with van der Waals surface area (Å²) in [6.45, 7) is 4.33. The zero-order valence-electron chi connectivity index (χ0n) is 17.7. The molecule has 32 heavy (non-hydrogen) atoms. The monoisotopic (exact) mass is 518 g/mol. The lowest BCUT2D eigenvalue weighted by atomic mass is 10.2. The van der Waals surface area contributed by atoms with Crippen LogP contribution >= 0.6 is 27.7 Å². The number of thioether (sulfide) groups is 1. The highest BCUT2D eigenvalue weighted by molar-refractivity contribution is 9.10. The maximum absolute atomic E-state index is 12.5. The Bertz CT molecular complexity index is 1040. The van der Waals surface area contributed by atoms with Gasteiger partial charge in [0.15, 0.2) is 18.1 Å². The Kier molecular flexibility index (Phi) is 8.35. The van der Waals surface area contributed by atoms with Gasteiger partial charge in [0.2, 0.25) is 0 Å². The smallest absolute Gasteiger partial charge is 0.293 e. The van der Waals surface area contributed by atoms with Crippen molar-refractivity contribution in [2.45, 2.75) is 20.3 Å². The number of nitrogens with one attached hydrogen (secondary N) is 1. The van der Waals surface area contributed by atoms with Gasteiger partial charge >= 0.3 is 0 Å². The third-order valence-electron chi connectivity index (χ3n) is 4.36. The van der Waals surface area contributed by atoms with Crippen LogP contribution in [0.15, 0.2) is 51.8 Å². The number of ether oxygens (including phenoxy) is 2. The summed E-state index contributed by atoms with van der Waals surface area (Å²) < 4.78 is 12.0. The second-order valence-corrected chi connectivity index (χ2v) is 8.65. The minimum absolute atomic E-state index is 0.206. The fourth-order valence-corrected chi connectivity index (χ4v) is 4.44. The van der Waals surface area contributed by atoms with Gasteiger partial charge in [0.25, 0.3) is 17.1 Å². The first-order chi connectivity index (χ1) is 15.4. The number of amides is 3. The topological polar surface area (TPSA) is 84.9 Å². The maximum Gasteiger partial charge on any atom is 0.293 e. The number of benzene rings is 2. The van der Waals surface area contributed by atoms with Crippen LogP contribution in [-0.2, 0) is 9.59 Å². The summed E-state index contributed by atoms with van der Waals surface area (Å²) in [6, 6.07) is 12.6. The van der Waals surface area contributed by atoms with Gasteiger partial charge in [0, 0.05) is 12.2 Å². The van der Waals surface area contributed by atoms with Gasteiger partial charge in [-0.25, -0.2) is 0 Å². The molecule has 0 bridgehead atoms. The van der Waals surface area contributed by atoms with Gasteiger partial charge in [-0.3, -0.25) is 19.3 Å². The van der Waals surface area contributed by atoms with Gasteiger partial charge in [-0.1, -0.05) is 25.1 Å². The maximum atomic E-state index is 12.5. The van der Waals surface area contributed by atoms with Gasteiger partial charge < -0.3 is 14.8 Å². The lowest BCUT2D eigenvalue weighted by molar-refractivity contribution is -0.122. The highest BCUT2D eigenvalue weighted by Crippen LogP contribution is 2.39. The number of carbonyl (C=O) groups excluding carboxylic acids is 3. The van der Waals surface area contributed by atoms with Crippen molar-refractivity contribution >= 4 is 56.5 Å². The molecular weight excluding hydrogens is 496 g/mol. The molecule has 168 valence electrons. The van der Waals surface area contributed by atoms with Gasteiger partial charge in [-0.05, 0) is 76.9 Å². The van der Waals surface area contributed by atoms with E-state index >= 15 is 0 Å². The predicted octanol–water partition coefficient (Wildman–Crippen LogP) is 5.31. The third kappa shape index (κ3) is 5.92. The summed E-state index contributed by atoms with van der Waals surface area (Å²) >= 11 is 4.38.